The molecule has 0 aliphatic carbocycles. The Morgan fingerprint density at radius 3 is 2.59 bits per heavy atom. The molecule has 1 heterocycles. The predicted molar refractivity (Wildman–Crippen MR) is 70.9 cm³/mol. The standard InChI is InChI=1S/C15H23NO/c1-3-14(16-11-7-8-12(16)2)15(17)13-9-5-4-6-10-13/h4-6,9-10,12,14-15,17H,3,7-8,11H2,1-2H3. The van der Waals surface area contributed by atoms with Gasteiger partial charge in [0, 0.05) is 12.1 Å². The Morgan fingerprint density at radius 2 is 2.06 bits per heavy atom. The number of hydrogen-bond donors (Lipinski definition) is 1. The van der Waals surface area contributed by atoms with Crippen molar-refractivity contribution in [2.24, 2.45) is 0 Å². The average molecular weight is 233 g/mol. The van der Waals surface area contributed by atoms with E-state index in [9.17, 15) is 5.11 Å². The summed E-state index contributed by atoms with van der Waals surface area (Å²) in [5, 5.41) is 10.5. The second-order valence-electron chi connectivity index (χ2n) is 5.06. The van der Waals surface area contributed by atoms with Gasteiger partial charge in [0.15, 0.2) is 0 Å². The van der Waals surface area contributed by atoms with Crippen LogP contribution in [0.25, 0.3) is 0 Å². The van der Waals surface area contributed by atoms with Gasteiger partial charge in [0.2, 0.25) is 0 Å². The molecule has 0 aromatic heterocycles. The lowest BCUT2D eigenvalue weighted by Crippen LogP contribution is -2.41. The smallest absolute Gasteiger partial charge is 0.0945 e. The third-order valence-corrected chi connectivity index (χ3v) is 3.95. The van der Waals surface area contributed by atoms with Gasteiger partial charge in [-0.2, -0.15) is 0 Å². The molecular formula is C15H23NO. The Hall–Kier alpha value is -0.860. The van der Waals surface area contributed by atoms with Crippen LogP contribution in [0, 0.1) is 0 Å². The molecule has 94 valence electrons. The Kier molecular flexibility index (Phi) is 4.19. The molecule has 1 fully saturated rings. The van der Waals surface area contributed by atoms with Gasteiger partial charge in [0.1, 0.15) is 0 Å². The molecule has 0 radical (unpaired) electrons. The van der Waals surface area contributed by atoms with Crippen LogP contribution in [-0.2, 0) is 0 Å². The molecule has 3 atom stereocenters. The first-order valence-electron chi connectivity index (χ1n) is 6.72. The fourth-order valence-electron chi connectivity index (χ4n) is 2.96. The summed E-state index contributed by atoms with van der Waals surface area (Å²) >= 11 is 0. The molecule has 1 aromatic rings. The Morgan fingerprint density at radius 1 is 1.35 bits per heavy atom. The molecule has 0 saturated carbocycles. The van der Waals surface area contributed by atoms with Crippen LogP contribution in [0.3, 0.4) is 0 Å². The number of hydrogen-bond acceptors (Lipinski definition) is 2. The van der Waals surface area contributed by atoms with E-state index in [1.807, 2.05) is 30.3 Å². The maximum Gasteiger partial charge on any atom is 0.0945 e. The Labute approximate surface area is 104 Å². The molecule has 1 aliphatic rings. The molecular weight excluding hydrogens is 210 g/mol. The molecule has 2 rings (SSSR count). The Bertz CT molecular complexity index is 338. The lowest BCUT2D eigenvalue weighted by molar-refractivity contribution is 0.0419. The first-order chi connectivity index (χ1) is 8.24. The summed E-state index contributed by atoms with van der Waals surface area (Å²) in [6.07, 6.45) is 3.17. The zero-order chi connectivity index (χ0) is 12.3. The van der Waals surface area contributed by atoms with Crippen LogP contribution in [0.15, 0.2) is 30.3 Å². The van der Waals surface area contributed by atoms with Gasteiger partial charge in [-0.05, 0) is 38.3 Å². The van der Waals surface area contributed by atoms with Crippen molar-refractivity contribution < 1.29 is 5.11 Å². The number of nitrogens with zero attached hydrogens (tertiary/aromatic N) is 1. The van der Waals surface area contributed by atoms with Crippen molar-refractivity contribution in [2.75, 3.05) is 6.54 Å². The lowest BCUT2D eigenvalue weighted by atomic mass is 9.98. The fraction of sp³-hybridized carbons (Fsp3) is 0.600. The normalized spacial score (nSPS) is 24.8. The molecule has 0 bridgehead atoms. The van der Waals surface area contributed by atoms with Crippen LogP contribution in [-0.4, -0.2) is 28.6 Å². The number of rotatable bonds is 4. The lowest BCUT2D eigenvalue weighted by Gasteiger charge is -2.34. The highest BCUT2D eigenvalue weighted by Crippen LogP contribution is 2.29. The molecule has 1 N–H and O–H groups in total. The van der Waals surface area contributed by atoms with Gasteiger partial charge < -0.3 is 5.11 Å². The van der Waals surface area contributed by atoms with Crippen molar-refractivity contribution in [3.05, 3.63) is 35.9 Å². The summed E-state index contributed by atoms with van der Waals surface area (Å²) in [6, 6.07) is 10.9. The van der Waals surface area contributed by atoms with E-state index in [1.165, 1.54) is 12.8 Å². The number of aliphatic hydroxyl groups excluding tert-OH is 1. The predicted octanol–water partition coefficient (Wildman–Crippen LogP) is 2.98. The molecule has 0 amide bonds. The zero-order valence-corrected chi connectivity index (χ0v) is 10.8. The van der Waals surface area contributed by atoms with Gasteiger partial charge in [-0.3, -0.25) is 4.90 Å². The van der Waals surface area contributed by atoms with E-state index in [1.54, 1.807) is 0 Å². The van der Waals surface area contributed by atoms with Gasteiger partial charge in [0.25, 0.3) is 0 Å². The van der Waals surface area contributed by atoms with Crippen LogP contribution in [0.2, 0.25) is 0 Å². The van der Waals surface area contributed by atoms with Crippen molar-refractivity contribution in [1.82, 2.24) is 4.90 Å². The van der Waals surface area contributed by atoms with Gasteiger partial charge in [0.05, 0.1) is 6.10 Å². The average Bonchev–Trinajstić information content (AvgIpc) is 2.78. The van der Waals surface area contributed by atoms with Crippen molar-refractivity contribution >= 4 is 0 Å². The van der Waals surface area contributed by atoms with Gasteiger partial charge in [-0.15, -0.1) is 0 Å². The second kappa shape index (κ2) is 5.65. The summed E-state index contributed by atoms with van der Waals surface area (Å²) in [4.78, 5) is 2.47. The van der Waals surface area contributed by atoms with E-state index in [0.717, 1.165) is 18.5 Å². The number of aliphatic hydroxyl groups is 1. The van der Waals surface area contributed by atoms with Gasteiger partial charge in [-0.1, -0.05) is 37.3 Å². The van der Waals surface area contributed by atoms with Crippen LogP contribution in [0.4, 0.5) is 0 Å². The van der Waals surface area contributed by atoms with Crippen molar-refractivity contribution in [3.63, 3.8) is 0 Å². The van der Waals surface area contributed by atoms with E-state index in [4.69, 9.17) is 0 Å². The SMILES string of the molecule is CCC(C(O)c1ccccc1)N1CCCC1C. The van der Waals surface area contributed by atoms with E-state index in [0.29, 0.717) is 6.04 Å². The third-order valence-electron chi connectivity index (χ3n) is 3.95. The van der Waals surface area contributed by atoms with Crippen molar-refractivity contribution in [3.8, 4) is 0 Å². The molecule has 1 saturated heterocycles. The largest absolute Gasteiger partial charge is 0.387 e. The topological polar surface area (TPSA) is 23.5 Å². The zero-order valence-electron chi connectivity index (χ0n) is 10.8. The van der Waals surface area contributed by atoms with Crippen LogP contribution in [0.1, 0.15) is 44.8 Å². The minimum absolute atomic E-state index is 0.259. The maximum absolute atomic E-state index is 10.5. The summed E-state index contributed by atoms with van der Waals surface area (Å²) in [7, 11) is 0. The molecule has 0 spiro atoms. The van der Waals surface area contributed by atoms with Crippen molar-refractivity contribution in [2.45, 2.75) is 51.3 Å². The van der Waals surface area contributed by atoms with E-state index in [-0.39, 0.29) is 12.1 Å². The van der Waals surface area contributed by atoms with Gasteiger partial charge in [-0.25, -0.2) is 0 Å². The minimum atomic E-state index is -0.359. The molecule has 2 nitrogen and oxygen atoms in total. The number of likely N-dealkylation sites (tertiary alicyclic amines) is 1. The first kappa shape index (κ1) is 12.6. The first-order valence-corrected chi connectivity index (χ1v) is 6.72. The van der Waals surface area contributed by atoms with E-state index < -0.39 is 0 Å². The van der Waals surface area contributed by atoms with Gasteiger partial charge >= 0.3 is 0 Å². The molecule has 3 unspecified atom stereocenters. The second-order valence-corrected chi connectivity index (χ2v) is 5.06. The van der Waals surface area contributed by atoms with Crippen LogP contribution >= 0.6 is 0 Å². The Balaban J connectivity index is 2.13. The summed E-state index contributed by atoms with van der Waals surface area (Å²) in [6.45, 7) is 5.57. The molecule has 17 heavy (non-hydrogen) atoms. The van der Waals surface area contributed by atoms with E-state index >= 15 is 0 Å². The maximum atomic E-state index is 10.5. The summed E-state index contributed by atoms with van der Waals surface area (Å²) < 4.78 is 0. The van der Waals surface area contributed by atoms with Crippen LogP contribution < -0.4 is 0 Å². The molecule has 1 aromatic carbocycles. The highest BCUT2D eigenvalue weighted by Gasteiger charge is 2.31. The third kappa shape index (κ3) is 2.70. The van der Waals surface area contributed by atoms with E-state index in [2.05, 4.69) is 18.7 Å². The molecule has 2 heteroatoms. The highest BCUT2D eigenvalue weighted by atomic mass is 16.3. The summed E-state index contributed by atoms with van der Waals surface area (Å²) in [5.41, 5.74) is 1.04. The molecule has 1 aliphatic heterocycles. The fourth-order valence-corrected chi connectivity index (χ4v) is 2.96. The monoisotopic (exact) mass is 233 g/mol. The quantitative estimate of drug-likeness (QED) is 0.864. The van der Waals surface area contributed by atoms with Crippen LogP contribution in [0.5, 0.6) is 0 Å². The number of benzene rings is 1. The highest BCUT2D eigenvalue weighted by molar-refractivity contribution is 5.19. The summed E-state index contributed by atoms with van der Waals surface area (Å²) in [5.74, 6) is 0. The van der Waals surface area contributed by atoms with Crippen molar-refractivity contribution in [1.29, 1.82) is 0 Å². The minimum Gasteiger partial charge on any atom is -0.387 e.